The van der Waals surface area contributed by atoms with Crippen LogP contribution in [0.4, 0.5) is 5.82 Å². The number of nitrogens with one attached hydrogen (secondary N) is 1. The average Bonchev–Trinajstić information content (AvgIpc) is 2.71. The molecule has 2 heterocycles. The highest BCUT2D eigenvalue weighted by atomic mass is 16.5. The Hall–Kier alpha value is -2.64. The molecule has 8 heteroatoms. The zero-order chi connectivity index (χ0) is 19.8. The van der Waals surface area contributed by atoms with Crippen LogP contribution in [0.25, 0.3) is 0 Å². The minimum absolute atomic E-state index is 0.0374. The van der Waals surface area contributed by atoms with Crippen molar-refractivity contribution in [3.63, 3.8) is 0 Å². The van der Waals surface area contributed by atoms with Crippen LogP contribution in [0.2, 0.25) is 0 Å². The molecule has 1 fully saturated rings. The summed E-state index contributed by atoms with van der Waals surface area (Å²) in [5, 5.41) is 2.70. The molecule has 1 aliphatic rings. The maximum atomic E-state index is 12.3. The number of nitrogens with zero attached hydrogens (tertiary/aromatic N) is 3. The summed E-state index contributed by atoms with van der Waals surface area (Å²) < 4.78 is 4.95. The first-order valence-corrected chi connectivity index (χ1v) is 9.39. The van der Waals surface area contributed by atoms with Gasteiger partial charge in [-0.05, 0) is 25.5 Å². The number of pyridine rings is 1. The maximum absolute atomic E-state index is 12.3. The topological polar surface area (TPSA) is 91.8 Å². The number of hydrogen-bond donors (Lipinski definition) is 1. The first kappa shape index (κ1) is 20.7. The van der Waals surface area contributed by atoms with E-state index < -0.39 is 0 Å². The van der Waals surface area contributed by atoms with Gasteiger partial charge in [0, 0.05) is 38.3 Å². The number of ether oxygens (including phenoxy) is 1. The van der Waals surface area contributed by atoms with Crippen molar-refractivity contribution in [3.05, 3.63) is 23.9 Å². The SMILES string of the molecule is CCOC(=O)c1ccc(N2CCN(C(=O)CNC(=O)C(C)CC)CC2)nc1. The Morgan fingerprint density at radius 3 is 2.44 bits per heavy atom. The van der Waals surface area contributed by atoms with E-state index in [1.54, 1.807) is 24.0 Å². The standard InChI is InChI=1S/C19H28N4O4/c1-4-14(3)18(25)21-13-17(24)23-10-8-22(9-11-23)16-7-6-15(12-20-16)19(26)27-5-2/h6-7,12,14H,4-5,8-11,13H2,1-3H3,(H,21,25). The van der Waals surface area contributed by atoms with Gasteiger partial charge in [-0.25, -0.2) is 9.78 Å². The van der Waals surface area contributed by atoms with Crippen molar-refractivity contribution in [3.8, 4) is 0 Å². The van der Waals surface area contributed by atoms with Gasteiger partial charge in [-0.1, -0.05) is 13.8 Å². The second kappa shape index (κ2) is 9.89. The normalized spacial score (nSPS) is 15.2. The molecule has 1 aromatic heterocycles. The Morgan fingerprint density at radius 1 is 1.19 bits per heavy atom. The number of piperazine rings is 1. The Balaban J connectivity index is 1.81. The molecule has 2 amide bonds. The lowest BCUT2D eigenvalue weighted by Crippen LogP contribution is -2.51. The van der Waals surface area contributed by atoms with E-state index >= 15 is 0 Å². The average molecular weight is 376 g/mol. The number of esters is 1. The van der Waals surface area contributed by atoms with Crippen molar-refractivity contribution in [2.24, 2.45) is 5.92 Å². The van der Waals surface area contributed by atoms with Crippen LogP contribution in [-0.2, 0) is 14.3 Å². The van der Waals surface area contributed by atoms with Crippen molar-refractivity contribution in [2.75, 3.05) is 44.2 Å². The van der Waals surface area contributed by atoms with E-state index in [1.165, 1.54) is 6.20 Å². The molecule has 1 aromatic rings. The molecule has 27 heavy (non-hydrogen) atoms. The third-order valence-electron chi connectivity index (χ3n) is 4.69. The third kappa shape index (κ3) is 5.67. The van der Waals surface area contributed by atoms with Crippen molar-refractivity contribution in [1.82, 2.24) is 15.2 Å². The molecule has 148 valence electrons. The molecule has 0 spiro atoms. The number of carbonyl (C=O) groups excluding carboxylic acids is 3. The van der Waals surface area contributed by atoms with E-state index in [-0.39, 0.29) is 30.2 Å². The number of hydrogen-bond acceptors (Lipinski definition) is 6. The molecular formula is C19H28N4O4. The molecule has 2 rings (SSSR count). The predicted octanol–water partition coefficient (Wildman–Crippen LogP) is 1.07. The summed E-state index contributed by atoms with van der Waals surface area (Å²) in [7, 11) is 0. The Bertz CT molecular complexity index is 654. The zero-order valence-corrected chi connectivity index (χ0v) is 16.2. The van der Waals surface area contributed by atoms with E-state index in [9.17, 15) is 14.4 Å². The van der Waals surface area contributed by atoms with Crippen LogP contribution in [0.15, 0.2) is 18.3 Å². The molecule has 0 bridgehead atoms. The van der Waals surface area contributed by atoms with Crippen LogP contribution in [0, 0.1) is 5.92 Å². The zero-order valence-electron chi connectivity index (χ0n) is 16.2. The van der Waals surface area contributed by atoms with Crippen LogP contribution in [-0.4, -0.2) is 67.0 Å². The van der Waals surface area contributed by atoms with Crippen molar-refractivity contribution >= 4 is 23.6 Å². The van der Waals surface area contributed by atoms with Crippen LogP contribution in [0.1, 0.15) is 37.6 Å². The van der Waals surface area contributed by atoms with Gasteiger partial charge in [0.2, 0.25) is 11.8 Å². The minimum atomic E-state index is -0.383. The van der Waals surface area contributed by atoms with E-state index in [1.807, 2.05) is 13.8 Å². The van der Waals surface area contributed by atoms with E-state index in [4.69, 9.17) is 4.74 Å². The molecule has 1 saturated heterocycles. The summed E-state index contributed by atoms with van der Waals surface area (Å²) in [6.07, 6.45) is 2.26. The highest BCUT2D eigenvalue weighted by Gasteiger charge is 2.23. The van der Waals surface area contributed by atoms with Gasteiger partial charge in [0.1, 0.15) is 5.82 Å². The van der Waals surface area contributed by atoms with Gasteiger partial charge in [-0.3, -0.25) is 9.59 Å². The fourth-order valence-electron chi connectivity index (χ4n) is 2.73. The van der Waals surface area contributed by atoms with E-state index in [0.29, 0.717) is 38.3 Å². The van der Waals surface area contributed by atoms with Crippen LogP contribution in [0.3, 0.4) is 0 Å². The number of carbonyl (C=O) groups is 3. The number of rotatable bonds is 7. The summed E-state index contributed by atoms with van der Waals surface area (Å²) in [5.74, 6) is 0.136. The van der Waals surface area contributed by atoms with Gasteiger partial charge in [0.25, 0.3) is 0 Å². The molecule has 1 unspecified atom stereocenters. The smallest absolute Gasteiger partial charge is 0.339 e. The fourth-order valence-corrected chi connectivity index (χ4v) is 2.73. The van der Waals surface area contributed by atoms with Gasteiger partial charge in [-0.15, -0.1) is 0 Å². The van der Waals surface area contributed by atoms with Gasteiger partial charge in [0.15, 0.2) is 0 Å². The summed E-state index contributed by atoms with van der Waals surface area (Å²) in [6.45, 7) is 8.35. The predicted molar refractivity (Wildman–Crippen MR) is 101 cm³/mol. The van der Waals surface area contributed by atoms with Crippen molar-refractivity contribution < 1.29 is 19.1 Å². The molecule has 1 N–H and O–H groups in total. The van der Waals surface area contributed by atoms with E-state index in [2.05, 4.69) is 15.2 Å². The van der Waals surface area contributed by atoms with Crippen LogP contribution in [0.5, 0.6) is 0 Å². The van der Waals surface area contributed by atoms with Crippen molar-refractivity contribution in [2.45, 2.75) is 27.2 Å². The molecule has 1 aliphatic heterocycles. The number of anilines is 1. The number of aromatic nitrogens is 1. The van der Waals surface area contributed by atoms with Gasteiger partial charge < -0.3 is 19.9 Å². The Labute approximate surface area is 159 Å². The maximum Gasteiger partial charge on any atom is 0.339 e. The molecule has 1 atom stereocenters. The first-order valence-electron chi connectivity index (χ1n) is 9.39. The molecule has 0 radical (unpaired) electrons. The lowest BCUT2D eigenvalue weighted by molar-refractivity contribution is -0.134. The fraction of sp³-hybridized carbons (Fsp3) is 0.579. The summed E-state index contributed by atoms with van der Waals surface area (Å²) >= 11 is 0. The lowest BCUT2D eigenvalue weighted by atomic mass is 10.1. The van der Waals surface area contributed by atoms with Crippen LogP contribution < -0.4 is 10.2 Å². The number of amides is 2. The second-order valence-corrected chi connectivity index (χ2v) is 6.52. The van der Waals surface area contributed by atoms with Crippen LogP contribution >= 0.6 is 0 Å². The molecule has 0 aromatic carbocycles. The lowest BCUT2D eigenvalue weighted by Gasteiger charge is -2.35. The van der Waals surface area contributed by atoms with Gasteiger partial charge in [-0.2, -0.15) is 0 Å². The van der Waals surface area contributed by atoms with E-state index in [0.717, 1.165) is 12.2 Å². The highest BCUT2D eigenvalue weighted by molar-refractivity contribution is 5.89. The minimum Gasteiger partial charge on any atom is -0.462 e. The molecule has 0 saturated carbocycles. The summed E-state index contributed by atoms with van der Waals surface area (Å²) in [4.78, 5) is 43.9. The Kier molecular flexibility index (Phi) is 7.57. The first-order chi connectivity index (χ1) is 13.0. The molecular weight excluding hydrogens is 348 g/mol. The third-order valence-corrected chi connectivity index (χ3v) is 4.69. The highest BCUT2D eigenvalue weighted by Crippen LogP contribution is 2.14. The largest absolute Gasteiger partial charge is 0.462 e. The van der Waals surface area contributed by atoms with Crippen molar-refractivity contribution in [1.29, 1.82) is 0 Å². The summed E-state index contributed by atoms with van der Waals surface area (Å²) in [6, 6.07) is 3.48. The molecule has 8 nitrogen and oxygen atoms in total. The Morgan fingerprint density at radius 2 is 1.89 bits per heavy atom. The quantitative estimate of drug-likeness (QED) is 0.716. The summed E-state index contributed by atoms with van der Waals surface area (Å²) in [5.41, 5.74) is 0.423. The van der Waals surface area contributed by atoms with Gasteiger partial charge in [0.05, 0.1) is 18.7 Å². The monoisotopic (exact) mass is 376 g/mol. The van der Waals surface area contributed by atoms with Gasteiger partial charge >= 0.3 is 5.97 Å². The second-order valence-electron chi connectivity index (χ2n) is 6.52. The molecule has 0 aliphatic carbocycles.